The molecule has 0 bridgehead atoms. The van der Waals surface area contributed by atoms with Crippen LogP contribution in [0.5, 0.6) is 34.5 Å². The number of unbranched alkanes of at least 4 members (excludes halogenated alkanes) is 6. The van der Waals surface area contributed by atoms with Crippen LogP contribution in [0.25, 0.3) is 0 Å². The second-order valence-corrected chi connectivity index (χ2v) is 16.3. The molecule has 0 saturated heterocycles. The van der Waals surface area contributed by atoms with Crippen molar-refractivity contribution >= 4 is 35.8 Å². The lowest BCUT2D eigenvalue weighted by molar-refractivity contribution is -0.138. The molecule has 0 heterocycles. The van der Waals surface area contributed by atoms with Crippen molar-refractivity contribution in [3.63, 3.8) is 0 Å². The minimum absolute atomic E-state index is 0.153. The number of benzene rings is 5. The quantitative estimate of drug-likeness (QED) is 0.0184. The lowest BCUT2D eigenvalue weighted by atomic mass is 10.1. The maximum atomic E-state index is 13.0. The third kappa shape index (κ3) is 20.2. The Morgan fingerprint density at radius 3 is 1.21 bits per heavy atom. The molecule has 0 unspecified atom stereocenters. The van der Waals surface area contributed by atoms with Gasteiger partial charge in [0.15, 0.2) is 0 Å². The molecule has 14 heteroatoms. The van der Waals surface area contributed by atoms with E-state index in [0.29, 0.717) is 44.8 Å². The molecule has 5 rings (SSSR count). The summed E-state index contributed by atoms with van der Waals surface area (Å²) in [5.41, 5.74) is 2.93. The summed E-state index contributed by atoms with van der Waals surface area (Å²) >= 11 is 0. The first-order valence-corrected chi connectivity index (χ1v) is 23.7. The van der Waals surface area contributed by atoms with Crippen molar-refractivity contribution in [2.75, 3.05) is 26.4 Å². The zero-order valence-electron chi connectivity index (χ0n) is 40.1. The molecular weight excluding hydrogens is 909 g/mol. The molecule has 0 amide bonds. The Morgan fingerprint density at radius 2 is 0.803 bits per heavy atom. The van der Waals surface area contributed by atoms with Gasteiger partial charge in [0, 0.05) is 25.0 Å². The molecule has 5 aromatic rings. The summed E-state index contributed by atoms with van der Waals surface area (Å²) in [5.74, 6) is -0.353. The molecule has 0 N–H and O–H groups in total. The van der Waals surface area contributed by atoms with E-state index in [4.69, 9.17) is 37.9 Å². The van der Waals surface area contributed by atoms with Gasteiger partial charge in [0.2, 0.25) is 0 Å². The number of carbonyl (C=O) groups is 6. The topological polar surface area (TPSA) is 176 Å². The van der Waals surface area contributed by atoms with Crippen LogP contribution in [0.15, 0.2) is 141 Å². The number of ether oxygens (including phenoxy) is 8. The summed E-state index contributed by atoms with van der Waals surface area (Å²) in [6, 6.07) is 31.8. The molecule has 0 spiro atoms. The van der Waals surface area contributed by atoms with E-state index in [1.165, 1.54) is 60.7 Å². The SMILES string of the molecule is C=CC(=O)OCCCCCCOc1ccc(CCC(=O)Oc2ccc(C(=O)Oc3ccc(OC(=O)c4ccc(OC(=O)CCc5ccc(OCCCCCCOC(=O)C=C)cc5)cc4)c(C)c3)cc2)cc1. The monoisotopic (exact) mass is 968 g/mol. The highest BCUT2D eigenvalue weighted by Crippen LogP contribution is 2.26. The third-order valence-corrected chi connectivity index (χ3v) is 10.7. The van der Waals surface area contributed by atoms with Crippen LogP contribution >= 0.6 is 0 Å². The van der Waals surface area contributed by atoms with Gasteiger partial charge in [0.05, 0.1) is 37.6 Å². The van der Waals surface area contributed by atoms with Crippen LogP contribution in [0, 0.1) is 6.92 Å². The van der Waals surface area contributed by atoms with E-state index in [9.17, 15) is 28.8 Å². The van der Waals surface area contributed by atoms with Crippen LogP contribution in [-0.2, 0) is 41.5 Å². The Balaban J connectivity index is 0.950. The van der Waals surface area contributed by atoms with E-state index in [0.717, 1.165) is 86.1 Å². The zero-order chi connectivity index (χ0) is 50.6. The fourth-order valence-corrected chi connectivity index (χ4v) is 6.76. The van der Waals surface area contributed by atoms with Crippen molar-refractivity contribution in [2.45, 2.75) is 84.0 Å². The van der Waals surface area contributed by atoms with Gasteiger partial charge in [-0.25, -0.2) is 19.2 Å². The lowest BCUT2D eigenvalue weighted by Gasteiger charge is -2.11. The maximum Gasteiger partial charge on any atom is 0.343 e. The Kier molecular flexibility index (Phi) is 22.6. The molecule has 0 radical (unpaired) electrons. The molecule has 0 atom stereocenters. The summed E-state index contributed by atoms with van der Waals surface area (Å²) in [6.07, 6.45) is 10.7. The molecule has 14 nitrogen and oxygen atoms in total. The Morgan fingerprint density at radius 1 is 0.423 bits per heavy atom. The second-order valence-electron chi connectivity index (χ2n) is 16.3. The van der Waals surface area contributed by atoms with Crippen LogP contribution in [0.1, 0.15) is 102 Å². The second kappa shape index (κ2) is 29.8. The van der Waals surface area contributed by atoms with E-state index in [2.05, 4.69) is 13.2 Å². The fraction of sp³-hybridized carbons (Fsp3) is 0.298. The number of carbonyl (C=O) groups excluding carboxylic acids is 6. The van der Waals surface area contributed by atoms with Gasteiger partial charge in [-0.1, -0.05) is 37.4 Å². The van der Waals surface area contributed by atoms with Gasteiger partial charge in [0.1, 0.15) is 34.5 Å². The number of hydrogen-bond donors (Lipinski definition) is 0. The Bertz CT molecular complexity index is 2530. The molecule has 0 aliphatic heterocycles. The molecule has 372 valence electrons. The van der Waals surface area contributed by atoms with Crippen LogP contribution in [0.4, 0.5) is 0 Å². The van der Waals surface area contributed by atoms with Crippen molar-refractivity contribution in [1.29, 1.82) is 0 Å². The normalized spacial score (nSPS) is 10.5. The molecule has 0 fully saturated rings. The van der Waals surface area contributed by atoms with Gasteiger partial charge >= 0.3 is 35.8 Å². The minimum Gasteiger partial charge on any atom is -0.494 e. The number of hydrogen-bond acceptors (Lipinski definition) is 14. The Labute approximate surface area is 414 Å². The lowest BCUT2D eigenvalue weighted by Crippen LogP contribution is -2.12. The van der Waals surface area contributed by atoms with Crippen molar-refractivity contribution in [2.24, 2.45) is 0 Å². The molecule has 0 aliphatic carbocycles. The average molecular weight is 969 g/mol. The summed E-state index contributed by atoms with van der Waals surface area (Å²) in [6.45, 7) is 10.4. The molecule has 0 saturated carbocycles. The van der Waals surface area contributed by atoms with Gasteiger partial charge in [-0.2, -0.15) is 0 Å². The molecule has 0 aromatic heterocycles. The van der Waals surface area contributed by atoms with Crippen molar-refractivity contribution in [1.82, 2.24) is 0 Å². The predicted molar refractivity (Wildman–Crippen MR) is 265 cm³/mol. The average Bonchev–Trinajstić information content (AvgIpc) is 3.38. The van der Waals surface area contributed by atoms with Gasteiger partial charge in [-0.15, -0.1) is 0 Å². The Hall–Kier alpha value is -8.00. The highest BCUT2D eigenvalue weighted by atomic mass is 16.6. The number of esters is 6. The van der Waals surface area contributed by atoms with Crippen LogP contribution in [0.3, 0.4) is 0 Å². The molecule has 0 aliphatic rings. The van der Waals surface area contributed by atoms with Gasteiger partial charge in [-0.3, -0.25) is 9.59 Å². The summed E-state index contributed by atoms with van der Waals surface area (Å²) in [7, 11) is 0. The maximum absolute atomic E-state index is 13.0. The third-order valence-electron chi connectivity index (χ3n) is 10.7. The first kappa shape index (κ1) is 53.9. The van der Waals surface area contributed by atoms with Crippen molar-refractivity contribution in [3.8, 4) is 34.5 Å². The van der Waals surface area contributed by atoms with Crippen LogP contribution in [0.2, 0.25) is 0 Å². The van der Waals surface area contributed by atoms with E-state index >= 15 is 0 Å². The first-order valence-electron chi connectivity index (χ1n) is 23.7. The minimum atomic E-state index is -0.633. The smallest absolute Gasteiger partial charge is 0.343 e. The van der Waals surface area contributed by atoms with Gasteiger partial charge < -0.3 is 37.9 Å². The summed E-state index contributed by atoms with van der Waals surface area (Å²) < 4.78 is 43.7. The van der Waals surface area contributed by atoms with Gasteiger partial charge in [-0.05, 0) is 179 Å². The van der Waals surface area contributed by atoms with E-state index in [1.807, 2.05) is 48.5 Å². The molecular formula is C57H60O14. The van der Waals surface area contributed by atoms with Crippen LogP contribution < -0.4 is 28.4 Å². The highest BCUT2D eigenvalue weighted by molar-refractivity contribution is 5.92. The highest BCUT2D eigenvalue weighted by Gasteiger charge is 2.16. The predicted octanol–water partition coefficient (Wildman–Crippen LogP) is 10.8. The standard InChI is InChI=1S/C57H60O14/c1-4-52(58)66-38-12-8-6-10-36-64-46-24-14-42(15-25-46)18-34-54(60)68-48-28-20-44(21-29-48)56(62)70-50-32-33-51(41(3)40-50)71-57(63)45-22-30-49(31-23-45)69-55(61)35-19-43-16-26-47(27-17-43)65-37-11-7-9-13-39-67-53(59)5-2/h4-5,14-17,20-33,40H,1-2,6-13,18-19,34-39H2,3H3. The number of rotatable bonds is 30. The molecule has 71 heavy (non-hydrogen) atoms. The van der Waals surface area contributed by atoms with Crippen molar-refractivity contribution in [3.05, 3.63) is 168 Å². The van der Waals surface area contributed by atoms with E-state index < -0.39 is 35.8 Å². The van der Waals surface area contributed by atoms with Crippen LogP contribution in [-0.4, -0.2) is 62.2 Å². The summed E-state index contributed by atoms with van der Waals surface area (Å²) in [5, 5.41) is 0. The zero-order valence-corrected chi connectivity index (χ0v) is 40.1. The largest absolute Gasteiger partial charge is 0.494 e. The van der Waals surface area contributed by atoms with E-state index in [-0.39, 0.29) is 47.0 Å². The first-order chi connectivity index (χ1) is 34.5. The van der Waals surface area contributed by atoms with E-state index in [1.54, 1.807) is 13.0 Å². The fourth-order valence-electron chi connectivity index (χ4n) is 6.76. The summed E-state index contributed by atoms with van der Waals surface area (Å²) in [4.78, 5) is 73.2. The molecule has 5 aromatic carbocycles. The van der Waals surface area contributed by atoms with Crippen molar-refractivity contribution < 1.29 is 66.7 Å². The number of aryl methyl sites for hydroxylation is 3. The van der Waals surface area contributed by atoms with Gasteiger partial charge in [0.25, 0.3) is 0 Å².